The Hall–Kier alpha value is -4.27. The molecule has 2 heterocycles. The Morgan fingerprint density at radius 1 is 1.03 bits per heavy atom. The van der Waals surface area contributed by atoms with Gasteiger partial charge in [0, 0.05) is 17.5 Å². The summed E-state index contributed by atoms with van der Waals surface area (Å²) in [6.45, 7) is 3.55. The Labute approximate surface area is 218 Å². The lowest BCUT2D eigenvalue weighted by molar-refractivity contribution is -0.114. The van der Waals surface area contributed by atoms with Crippen LogP contribution in [0.2, 0.25) is 5.02 Å². The summed E-state index contributed by atoms with van der Waals surface area (Å²) < 4.78 is 3.62. The number of anilines is 1. The highest BCUT2D eigenvalue weighted by molar-refractivity contribution is 6.31. The summed E-state index contributed by atoms with van der Waals surface area (Å²) >= 11 is 6.41. The molecule has 186 valence electrons. The lowest BCUT2D eigenvalue weighted by atomic mass is 10.0. The first-order valence-corrected chi connectivity index (χ1v) is 12.1. The van der Waals surface area contributed by atoms with E-state index in [1.807, 2.05) is 53.1 Å². The smallest absolute Gasteiger partial charge is 0.221 e. The van der Waals surface area contributed by atoms with Crippen LogP contribution in [0.1, 0.15) is 31.1 Å². The number of carbonyl (C=O) groups is 1. The van der Waals surface area contributed by atoms with Crippen molar-refractivity contribution >= 4 is 34.2 Å². The number of aliphatic hydroxyl groups excluding tert-OH is 1. The van der Waals surface area contributed by atoms with Crippen molar-refractivity contribution in [3.8, 4) is 17.1 Å². The number of hydrogen-bond acceptors (Lipinski definition) is 5. The average Bonchev–Trinajstić information content (AvgIpc) is 3.16. The second-order valence-electron chi connectivity index (χ2n) is 8.76. The topological polar surface area (TPSA) is 109 Å². The van der Waals surface area contributed by atoms with E-state index in [1.54, 1.807) is 41.8 Å². The van der Waals surface area contributed by atoms with E-state index in [9.17, 15) is 9.90 Å². The summed E-state index contributed by atoms with van der Waals surface area (Å²) in [6, 6.07) is 24.2. The number of nitrogens with zero attached hydrogens (tertiary/aromatic N) is 4. The molecule has 5 rings (SSSR count). The molecule has 9 heteroatoms. The highest BCUT2D eigenvalue weighted by Crippen LogP contribution is 2.30. The Kier molecular flexibility index (Phi) is 6.60. The standard InChI is InChI=1S/C28H25ClN6O2/c1-17(36)19-11-12-23(31-18(2)37)21(15-19)24-13-14-27(33-32-24)35-26-10-6-5-9-25(26)34(28(35)30)16-20-7-3-4-8-22(20)29/h3-15,17,30,36H,16H2,1-2H3,(H,31,37). The van der Waals surface area contributed by atoms with E-state index in [1.165, 1.54) is 6.92 Å². The van der Waals surface area contributed by atoms with Crippen molar-refractivity contribution in [2.24, 2.45) is 0 Å². The molecule has 0 bridgehead atoms. The van der Waals surface area contributed by atoms with Gasteiger partial charge in [-0.3, -0.25) is 14.8 Å². The van der Waals surface area contributed by atoms with E-state index < -0.39 is 6.10 Å². The zero-order valence-electron chi connectivity index (χ0n) is 20.3. The van der Waals surface area contributed by atoms with E-state index in [2.05, 4.69) is 15.5 Å². The van der Waals surface area contributed by atoms with Crippen LogP contribution in [0.25, 0.3) is 28.1 Å². The van der Waals surface area contributed by atoms with E-state index in [0.717, 1.165) is 16.6 Å². The second kappa shape index (κ2) is 10.0. The van der Waals surface area contributed by atoms with Crippen LogP contribution in [0.15, 0.2) is 78.9 Å². The highest BCUT2D eigenvalue weighted by atomic mass is 35.5. The third kappa shape index (κ3) is 4.76. The number of hydrogen-bond donors (Lipinski definition) is 3. The molecule has 8 nitrogen and oxygen atoms in total. The third-order valence-electron chi connectivity index (χ3n) is 6.16. The van der Waals surface area contributed by atoms with E-state index >= 15 is 0 Å². The van der Waals surface area contributed by atoms with Crippen molar-refractivity contribution in [3.63, 3.8) is 0 Å². The van der Waals surface area contributed by atoms with Crippen LogP contribution in [-0.2, 0) is 11.3 Å². The van der Waals surface area contributed by atoms with Crippen LogP contribution in [0, 0.1) is 5.41 Å². The lowest BCUT2D eigenvalue weighted by Crippen LogP contribution is -2.25. The molecule has 3 aromatic carbocycles. The highest BCUT2D eigenvalue weighted by Gasteiger charge is 2.16. The first-order chi connectivity index (χ1) is 17.8. The van der Waals surface area contributed by atoms with Crippen LogP contribution in [0.4, 0.5) is 5.69 Å². The maximum absolute atomic E-state index is 11.7. The van der Waals surface area contributed by atoms with Gasteiger partial charge < -0.3 is 15.0 Å². The molecule has 1 unspecified atom stereocenters. The summed E-state index contributed by atoms with van der Waals surface area (Å²) in [5.41, 5.74) is 5.28. The number of benzene rings is 3. The van der Waals surface area contributed by atoms with Crippen molar-refractivity contribution < 1.29 is 9.90 Å². The zero-order chi connectivity index (χ0) is 26.1. The molecule has 0 saturated carbocycles. The van der Waals surface area contributed by atoms with Crippen molar-refractivity contribution in [1.82, 2.24) is 19.3 Å². The second-order valence-corrected chi connectivity index (χ2v) is 9.17. The number of carbonyl (C=O) groups excluding carboxylic acids is 1. The molecular weight excluding hydrogens is 488 g/mol. The van der Waals surface area contributed by atoms with Gasteiger partial charge >= 0.3 is 0 Å². The molecule has 0 saturated heterocycles. The number of nitrogens with one attached hydrogen (secondary N) is 2. The predicted octanol–water partition coefficient (Wildman–Crippen LogP) is 5.08. The Morgan fingerprint density at radius 3 is 2.43 bits per heavy atom. The van der Waals surface area contributed by atoms with Crippen LogP contribution in [-0.4, -0.2) is 30.3 Å². The number of halogens is 1. The van der Waals surface area contributed by atoms with Crippen LogP contribution < -0.4 is 10.9 Å². The molecular formula is C28H25ClN6O2. The fourth-order valence-corrected chi connectivity index (χ4v) is 4.54. The Morgan fingerprint density at radius 2 is 1.76 bits per heavy atom. The molecule has 5 aromatic rings. The quantitative estimate of drug-likeness (QED) is 0.294. The van der Waals surface area contributed by atoms with E-state index in [4.69, 9.17) is 17.0 Å². The zero-order valence-corrected chi connectivity index (χ0v) is 21.1. The van der Waals surface area contributed by atoms with Crippen molar-refractivity contribution in [1.29, 1.82) is 5.41 Å². The number of aliphatic hydroxyl groups is 1. The molecule has 0 aliphatic heterocycles. The maximum Gasteiger partial charge on any atom is 0.221 e. The predicted molar refractivity (Wildman–Crippen MR) is 144 cm³/mol. The third-order valence-corrected chi connectivity index (χ3v) is 6.53. The van der Waals surface area contributed by atoms with Crippen LogP contribution in [0.3, 0.4) is 0 Å². The molecule has 1 amide bonds. The molecule has 0 aliphatic carbocycles. The number of amides is 1. The summed E-state index contributed by atoms with van der Waals surface area (Å²) in [7, 11) is 0. The number of rotatable bonds is 6. The van der Waals surface area contributed by atoms with E-state index in [-0.39, 0.29) is 11.5 Å². The Balaban J connectivity index is 1.60. The van der Waals surface area contributed by atoms with Crippen molar-refractivity contribution in [2.45, 2.75) is 26.5 Å². The number of imidazole rings is 1. The SMILES string of the molecule is CC(=O)Nc1ccc(C(C)O)cc1-c1ccc(-n2c(=N)n(Cc3ccccc3Cl)c3ccccc32)nn1. The van der Waals surface area contributed by atoms with Crippen LogP contribution >= 0.6 is 11.6 Å². The number of para-hydroxylation sites is 2. The minimum absolute atomic E-state index is 0.212. The molecule has 1 atom stereocenters. The number of aromatic nitrogens is 4. The first kappa shape index (κ1) is 24.4. The summed E-state index contributed by atoms with van der Waals surface area (Å²) in [5, 5.41) is 31.4. The average molecular weight is 513 g/mol. The van der Waals surface area contributed by atoms with Gasteiger partial charge in [-0.05, 0) is 60.5 Å². The van der Waals surface area contributed by atoms with Gasteiger partial charge in [-0.15, -0.1) is 10.2 Å². The van der Waals surface area contributed by atoms with E-state index in [0.29, 0.717) is 39.9 Å². The molecule has 0 spiro atoms. The van der Waals surface area contributed by atoms with Crippen molar-refractivity contribution in [3.05, 3.63) is 101 Å². The molecule has 2 aromatic heterocycles. The monoisotopic (exact) mass is 512 g/mol. The maximum atomic E-state index is 11.7. The van der Waals surface area contributed by atoms with Gasteiger partial charge in [0.1, 0.15) is 0 Å². The van der Waals surface area contributed by atoms with Crippen LogP contribution in [0.5, 0.6) is 0 Å². The van der Waals surface area contributed by atoms with Gasteiger partial charge in [0.05, 0.1) is 35.1 Å². The molecule has 0 fully saturated rings. The van der Waals surface area contributed by atoms with Gasteiger partial charge in [0.15, 0.2) is 5.82 Å². The lowest BCUT2D eigenvalue weighted by Gasteiger charge is -2.13. The minimum Gasteiger partial charge on any atom is -0.389 e. The molecule has 0 radical (unpaired) electrons. The summed E-state index contributed by atoms with van der Waals surface area (Å²) in [4.78, 5) is 11.7. The van der Waals surface area contributed by atoms with Gasteiger partial charge in [-0.2, -0.15) is 0 Å². The fourth-order valence-electron chi connectivity index (χ4n) is 4.34. The van der Waals surface area contributed by atoms with Gasteiger partial charge in [-0.1, -0.05) is 48.0 Å². The summed E-state index contributed by atoms with van der Waals surface area (Å²) in [5.74, 6) is 0.270. The van der Waals surface area contributed by atoms with Crippen molar-refractivity contribution in [2.75, 3.05) is 5.32 Å². The minimum atomic E-state index is -0.678. The first-order valence-electron chi connectivity index (χ1n) is 11.8. The molecule has 0 aliphatic rings. The van der Waals surface area contributed by atoms with Gasteiger partial charge in [0.25, 0.3) is 0 Å². The largest absolute Gasteiger partial charge is 0.389 e. The normalized spacial score (nSPS) is 12.0. The van der Waals surface area contributed by atoms with Gasteiger partial charge in [0.2, 0.25) is 11.5 Å². The number of fused-ring (bicyclic) bond motifs is 1. The Bertz CT molecular complexity index is 1670. The fraction of sp³-hybridized carbons (Fsp3) is 0.143. The molecule has 37 heavy (non-hydrogen) atoms. The van der Waals surface area contributed by atoms with Gasteiger partial charge in [-0.25, -0.2) is 0 Å². The molecule has 3 N–H and O–H groups in total. The summed E-state index contributed by atoms with van der Waals surface area (Å²) in [6.07, 6.45) is -0.678.